The van der Waals surface area contributed by atoms with Gasteiger partial charge in [-0.3, -0.25) is 0 Å². The second-order valence-corrected chi connectivity index (χ2v) is 5.09. The molecule has 0 unspecified atom stereocenters. The Hall–Kier alpha value is -0.370. The summed E-state index contributed by atoms with van der Waals surface area (Å²) < 4.78 is 0. The van der Waals surface area contributed by atoms with E-state index in [0.717, 1.165) is 25.7 Å². The van der Waals surface area contributed by atoms with E-state index in [2.05, 4.69) is 0 Å². The van der Waals surface area contributed by atoms with Crippen molar-refractivity contribution in [1.29, 1.82) is 0 Å². The van der Waals surface area contributed by atoms with Gasteiger partial charge >= 0.3 is 0 Å². The van der Waals surface area contributed by atoms with Crippen LogP contribution in [0.4, 0.5) is 0 Å². The van der Waals surface area contributed by atoms with Crippen LogP contribution >= 0.6 is 0 Å². The van der Waals surface area contributed by atoms with Gasteiger partial charge in [-0.25, -0.2) is 0 Å². The minimum Gasteiger partial charge on any atom is -0.396 e. The van der Waals surface area contributed by atoms with Crippen LogP contribution in [0.3, 0.4) is 0 Å². The lowest BCUT2D eigenvalue weighted by Crippen LogP contribution is -2.25. The Morgan fingerprint density at radius 2 is 1.87 bits per heavy atom. The molecule has 2 heteroatoms. The van der Waals surface area contributed by atoms with Gasteiger partial charge in [0, 0.05) is 13.0 Å². The summed E-state index contributed by atoms with van der Waals surface area (Å²) in [5.74, 6) is 0.309. The van der Waals surface area contributed by atoms with Crippen LogP contribution in [0.15, 0.2) is 0 Å². The minimum absolute atomic E-state index is 0.293. The summed E-state index contributed by atoms with van der Waals surface area (Å²) in [6.07, 6.45) is 10.3. The van der Waals surface area contributed by atoms with Crippen LogP contribution in [0.1, 0.15) is 64.7 Å². The molecule has 0 radical (unpaired) electrons. The van der Waals surface area contributed by atoms with Crippen molar-refractivity contribution in [2.75, 3.05) is 6.61 Å². The van der Waals surface area contributed by atoms with Gasteiger partial charge in [0.15, 0.2) is 0 Å². The Labute approximate surface area is 93.1 Å². The highest BCUT2D eigenvalue weighted by molar-refractivity contribution is 5.75. The number of ketones is 1. The van der Waals surface area contributed by atoms with E-state index in [1.165, 1.54) is 32.1 Å². The van der Waals surface area contributed by atoms with Crippen LogP contribution in [0.5, 0.6) is 0 Å². The molecular weight excluding hydrogens is 188 g/mol. The topological polar surface area (TPSA) is 37.3 Å². The maximum absolute atomic E-state index is 11.1. The fraction of sp³-hybridized carbons (Fsp3) is 0.923. The van der Waals surface area contributed by atoms with Crippen molar-refractivity contribution in [2.45, 2.75) is 64.7 Å². The van der Waals surface area contributed by atoms with Crippen LogP contribution in [-0.2, 0) is 4.79 Å². The highest BCUT2D eigenvalue weighted by Crippen LogP contribution is 2.43. The molecule has 1 aliphatic carbocycles. The zero-order chi connectivity index (χ0) is 11.1. The molecule has 1 fully saturated rings. The Bertz CT molecular complexity index is 193. The summed E-state index contributed by atoms with van der Waals surface area (Å²) in [6.45, 7) is 1.98. The molecule has 0 aromatic carbocycles. The number of rotatable bonds is 6. The fourth-order valence-corrected chi connectivity index (χ4v) is 2.82. The molecule has 0 aromatic heterocycles. The summed E-state index contributed by atoms with van der Waals surface area (Å²) >= 11 is 0. The van der Waals surface area contributed by atoms with Crippen molar-refractivity contribution >= 4 is 5.78 Å². The zero-order valence-corrected chi connectivity index (χ0v) is 9.93. The van der Waals surface area contributed by atoms with E-state index in [4.69, 9.17) is 5.11 Å². The third-order valence-corrected chi connectivity index (χ3v) is 3.79. The summed E-state index contributed by atoms with van der Waals surface area (Å²) in [5.41, 5.74) is 0.382. The summed E-state index contributed by atoms with van der Waals surface area (Å²) in [5, 5.41) is 8.92. The number of aliphatic hydroxyl groups is 1. The molecule has 1 N–H and O–H groups in total. The third-order valence-electron chi connectivity index (χ3n) is 3.79. The standard InChI is InChI=1S/C13H24O2/c1-12(15)6-10-13(9-5-11-14)7-3-2-4-8-13/h14H,2-11H2,1H3. The zero-order valence-electron chi connectivity index (χ0n) is 9.93. The molecule has 15 heavy (non-hydrogen) atoms. The average molecular weight is 212 g/mol. The van der Waals surface area contributed by atoms with Gasteiger partial charge in [0.2, 0.25) is 0 Å². The summed E-state index contributed by atoms with van der Waals surface area (Å²) in [7, 11) is 0. The maximum atomic E-state index is 11.1. The Morgan fingerprint density at radius 1 is 1.20 bits per heavy atom. The van der Waals surface area contributed by atoms with Gasteiger partial charge < -0.3 is 9.90 Å². The lowest BCUT2D eigenvalue weighted by Gasteiger charge is -2.37. The molecule has 0 aliphatic heterocycles. The van der Waals surface area contributed by atoms with Crippen LogP contribution in [-0.4, -0.2) is 17.5 Å². The second kappa shape index (κ2) is 6.26. The maximum Gasteiger partial charge on any atom is 0.129 e. The lowest BCUT2D eigenvalue weighted by molar-refractivity contribution is -0.117. The number of hydrogen-bond acceptors (Lipinski definition) is 2. The quantitative estimate of drug-likeness (QED) is 0.734. The normalized spacial score (nSPS) is 20.1. The third kappa shape index (κ3) is 4.33. The minimum atomic E-state index is 0.293. The van der Waals surface area contributed by atoms with Crippen molar-refractivity contribution in [2.24, 2.45) is 5.41 Å². The smallest absolute Gasteiger partial charge is 0.129 e. The van der Waals surface area contributed by atoms with Crippen molar-refractivity contribution in [3.63, 3.8) is 0 Å². The largest absolute Gasteiger partial charge is 0.396 e. The van der Waals surface area contributed by atoms with Crippen molar-refractivity contribution in [3.05, 3.63) is 0 Å². The summed E-state index contributed by atoms with van der Waals surface area (Å²) in [6, 6.07) is 0. The number of aliphatic hydroxyl groups excluding tert-OH is 1. The van der Waals surface area contributed by atoms with Crippen LogP contribution < -0.4 is 0 Å². The number of Topliss-reactive ketones (excluding diaryl/α,β-unsaturated/α-hetero) is 1. The first-order valence-corrected chi connectivity index (χ1v) is 6.29. The van der Waals surface area contributed by atoms with E-state index in [1.807, 2.05) is 0 Å². The molecule has 0 saturated heterocycles. The van der Waals surface area contributed by atoms with Gasteiger partial charge in [0.05, 0.1) is 0 Å². The van der Waals surface area contributed by atoms with E-state index in [1.54, 1.807) is 6.92 Å². The predicted molar refractivity (Wildman–Crippen MR) is 61.8 cm³/mol. The van der Waals surface area contributed by atoms with Gasteiger partial charge in [-0.1, -0.05) is 19.3 Å². The first-order chi connectivity index (χ1) is 7.18. The molecule has 0 amide bonds. The van der Waals surface area contributed by atoms with Crippen molar-refractivity contribution in [1.82, 2.24) is 0 Å². The molecule has 0 atom stereocenters. The van der Waals surface area contributed by atoms with Gasteiger partial charge in [-0.2, -0.15) is 0 Å². The molecular formula is C13H24O2. The molecule has 1 rings (SSSR count). The first kappa shape index (κ1) is 12.7. The van der Waals surface area contributed by atoms with Crippen LogP contribution in [0.25, 0.3) is 0 Å². The molecule has 1 saturated carbocycles. The van der Waals surface area contributed by atoms with Crippen LogP contribution in [0.2, 0.25) is 0 Å². The summed E-state index contributed by atoms with van der Waals surface area (Å²) in [4.78, 5) is 11.1. The van der Waals surface area contributed by atoms with Gasteiger partial charge in [0.1, 0.15) is 5.78 Å². The van der Waals surface area contributed by atoms with Gasteiger partial charge in [0.25, 0.3) is 0 Å². The Balaban J connectivity index is 2.45. The molecule has 1 aliphatic rings. The number of hydrogen-bond donors (Lipinski definition) is 1. The Morgan fingerprint density at radius 3 is 2.40 bits per heavy atom. The monoisotopic (exact) mass is 212 g/mol. The van der Waals surface area contributed by atoms with E-state index >= 15 is 0 Å². The van der Waals surface area contributed by atoms with Gasteiger partial charge in [-0.05, 0) is 44.4 Å². The van der Waals surface area contributed by atoms with E-state index in [9.17, 15) is 4.79 Å². The highest BCUT2D eigenvalue weighted by atomic mass is 16.2. The Kier molecular flexibility index (Phi) is 5.30. The molecule has 0 spiro atoms. The molecule has 2 nitrogen and oxygen atoms in total. The highest BCUT2D eigenvalue weighted by Gasteiger charge is 2.31. The SMILES string of the molecule is CC(=O)CCC1(CCCO)CCCCC1. The first-order valence-electron chi connectivity index (χ1n) is 6.29. The molecule has 88 valence electrons. The molecule has 0 bridgehead atoms. The number of carbonyl (C=O) groups is 1. The van der Waals surface area contributed by atoms with Gasteiger partial charge in [-0.15, -0.1) is 0 Å². The molecule has 0 aromatic rings. The second-order valence-electron chi connectivity index (χ2n) is 5.09. The van der Waals surface area contributed by atoms with E-state index < -0.39 is 0 Å². The van der Waals surface area contributed by atoms with E-state index in [0.29, 0.717) is 17.8 Å². The lowest BCUT2D eigenvalue weighted by atomic mass is 9.68. The van der Waals surface area contributed by atoms with E-state index in [-0.39, 0.29) is 0 Å². The molecule has 0 heterocycles. The predicted octanol–water partition coefficient (Wildman–Crippen LogP) is 3.08. The number of carbonyl (C=O) groups excluding carboxylic acids is 1. The fourth-order valence-electron chi connectivity index (χ4n) is 2.82. The van der Waals surface area contributed by atoms with Crippen LogP contribution in [0, 0.1) is 5.41 Å². The van der Waals surface area contributed by atoms with Crippen molar-refractivity contribution in [3.8, 4) is 0 Å². The van der Waals surface area contributed by atoms with Crippen molar-refractivity contribution < 1.29 is 9.90 Å². The average Bonchev–Trinajstić information content (AvgIpc) is 2.25.